The van der Waals surface area contributed by atoms with Crippen LogP contribution in [0, 0.1) is 11.6 Å². The maximum absolute atomic E-state index is 13.4. The summed E-state index contributed by atoms with van der Waals surface area (Å²) < 4.78 is 26.5. The molecule has 2 aromatic carbocycles. The number of anilines is 1. The van der Waals surface area contributed by atoms with Crippen LogP contribution in [0.5, 0.6) is 0 Å². The zero-order valence-electron chi connectivity index (χ0n) is 15.8. The molecule has 0 unspecified atom stereocenters. The summed E-state index contributed by atoms with van der Waals surface area (Å²) in [4.78, 5) is 15.9. The number of carbonyl (C=O) groups excluding carboxylic acids is 1. The number of benzene rings is 2. The summed E-state index contributed by atoms with van der Waals surface area (Å²) in [7, 11) is 4.00. The number of rotatable bonds is 6. The van der Waals surface area contributed by atoms with Crippen molar-refractivity contribution < 1.29 is 18.5 Å². The Kier molecular flexibility index (Phi) is 6.06. The van der Waals surface area contributed by atoms with Gasteiger partial charge in [-0.25, -0.2) is 8.78 Å². The summed E-state index contributed by atoms with van der Waals surface area (Å²) in [6.45, 7) is 2.59. The first-order chi connectivity index (χ1) is 13.0. The first kappa shape index (κ1) is 19.3. The van der Waals surface area contributed by atoms with E-state index in [-0.39, 0.29) is 17.5 Å². The smallest absolute Gasteiger partial charge is 0.251 e. The van der Waals surface area contributed by atoms with Crippen LogP contribution < -0.4 is 15.1 Å². The third-order valence-electron chi connectivity index (χ3n) is 5.20. The lowest BCUT2D eigenvalue weighted by Gasteiger charge is -2.26. The van der Waals surface area contributed by atoms with Gasteiger partial charge in [-0.3, -0.25) is 4.79 Å². The molecule has 0 saturated carbocycles. The summed E-state index contributed by atoms with van der Waals surface area (Å²) in [6.07, 6.45) is 2.36. The minimum absolute atomic E-state index is 0.132. The van der Waals surface area contributed by atoms with Gasteiger partial charge in [-0.2, -0.15) is 0 Å². The predicted octanol–water partition coefficient (Wildman–Crippen LogP) is 2.18. The molecule has 144 valence electrons. The largest absolute Gasteiger partial charge is 0.378 e. The van der Waals surface area contributed by atoms with E-state index in [2.05, 4.69) is 29.6 Å². The fourth-order valence-corrected chi connectivity index (χ4v) is 3.61. The van der Waals surface area contributed by atoms with E-state index in [4.69, 9.17) is 0 Å². The molecule has 1 atom stereocenters. The van der Waals surface area contributed by atoms with Crippen LogP contribution in [0.3, 0.4) is 0 Å². The van der Waals surface area contributed by atoms with Crippen LogP contribution in [0.15, 0.2) is 42.5 Å². The molecule has 1 saturated heterocycles. The van der Waals surface area contributed by atoms with Gasteiger partial charge < -0.3 is 15.1 Å². The lowest BCUT2D eigenvalue weighted by Crippen LogP contribution is -3.11. The van der Waals surface area contributed by atoms with Crippen LogP contribution >= 0.6 is 0 Å². The van der Waals surface area contributed by atoms with Crippen molar-refractivity contribution in [2.45, 2.75) is 18.9 Å². The van der Waals surface area contributed by atoms with Crippen LogP contribution in [0.1, 0.15) is 34.8 Å². The van der Waals surface area contributed by atoms with Crippen LogP contribution in [-0.2, 0) is 0 Å². The fraction of sp³-hybridized carbons (Fsp3) is 0.381. The van der Waals surface area contributed by atoms with Crippen molar-refractivity contribution in [3.05, 3.63) is 65.2 Å². The fourth-order valence-electron chi connectivity index (χ4n) is 3.61. The number of carbonyl (C=O) groups is 1. The van der Waals surface area contributed by atoms with E-state index < -0.39 is 11.6 Å². The second kappa shape index (κ2) is 8.48. The minimum atomic E-state index is -1.01. The first-order valence-electron chi connectivity index (χ1n) is 9.31. The normalized spacial score (nSPS) is 15.6. The maximum Gasteiger partial charge on any atom is 0.251 e. The second-order valence-corrected chi connectivity index (χ2v) is 7.24. The molecule has 6 heteroatoms. The molecule has 1 aliphatic heterocycles. The average molecular weight is 374 g/mol. The number of hydrogen-bond donors (Lipinski definition) is 2. The van der Waals surface area contributed by atoms with Gasteiger partial charge in [0.15, 0.2) is 11.6 Å². The van der Waals surface area contributed by atoms with Gasteiger partial charge in [-0.1, -0.05) is 12.1 Å². The van der Waals surface area contributed by atoms with Gasteiger partial charge in [-0.05, 0) is 30.3 Å². The quantitative estimate of drug-likeness (QED) is 0.813. The van der Waals surface area contributed by atoms with Crippen LogP contribution in [0.2, 0.25) is 0 Å². The van der Waals surface area contributed by atoms with Crippen LogP contribution in [-0.4, -0.2) is 39.6 Å². The Balaban J connectivity index is 1.73. The number of nitrogens with zero attached hydrogens (tertiary/aromatic N) is 1. The predicted molar refractivity (Wildman–Crippen MR) is 102 cm³/mol. The van der Waals surface area contributed by atoms with E-state index in [9.17, 15) is 13.6 Å². The molecule has 1 aliphatic rings. The SMILES string of the molecule is CN(C)c1ccc([C@H](CNC(=O)c2ccc(F)c(F)c2)[NH+]2CCCC2)cc1. The van der Waals surface area contributed by atoms with Crippen molar-refractivity contribution in [1.29, 1.82) is 0 Å². The molecule has 1 amide bonds. The summed E-state index contributed by atoms with van der Waals surface area (Å²) in [6, 6.07) is 11.7. The maximum atomic E-state index is 13.4. The standard InChI is InChI=1S/C21H25F2N3O/c1-25(2)17-8-5-15(6-9-17)20(26-11-3-4-12-26)14-24-21(27)16-7-10-18(22)19(23)13-16/h5-10,13,20H,3-4,11-12,14H2,1-2H3,(H,24,27)/p+1/t20-/m0/s1. The molecule has 3 rings (SSSR count). The van der Waals surface area contributed by atoms with Gasteiger partial charge in [0.25, 0.3) is 5.91 Å². The van der Waals surface area contributed by atoms with Crippen molar-refractivity contribution in [3.8, 4) is 0 Å². The molecule has 2 N–H and O–H groups in total. The van der Waals surface area contributed by atoms with E-state index in [1.807, 2.05) is 19.0 Å². The summed E-state index contributed by atoms with van der Waals surface area (Å²) in [5.74, 6) is -2.35. The highest BCUT2D eigenvalue weighted by Crippen LogP contribution is 2.17. The van der Waals surface area contributed by atoms with Crippen molar-refractivity contribution in [2.75, 3.05) is 38.6 Å². The van der Waals surface area contributed by atoms with Crippen LogP contribution in [0.25, 0.3) is 0 Å². The van der Waals surface area contributed by atoms with Crippen molar-refractivity contribution in [1.82, 2.24) is 5.32 Å². The molecule has 1 heterocycles. The van der Waals surface area contributed by atoms with Crippen LogP contribution in [0.4, 0.5) is 14.5 Å². The monoisotopic (exact) mass is 374 g/mol. The number of likely N-dealkylation sites (tertiary alicyclic amines) is 1. The zero-order valence-corrected chi connectivity index (χ0v) is 15.8. The molecule has 0 aliphatic carbocycles. The zero-order chi connectivity index (χ0) is 19.4. The molecule has 2 aromatic rings. The van der Waals surface area contributed by atoms with E-state index in [1.54, 1.807) is 0 Å². The minimum Gasteiger partial charge on any atom is -0.378 e. The molecular weight excluding hydrogens is 348 g/mol. The van der Waals surface area contributed by atoms with E-state index in [1.165, 1.54) is 29.4 Å². The Morgan fingerprint density at radius 2 is 1.74 bits per heavy atom. The first-order valence-corrected chi connectivity index (χ1v) is 9.31. The second-order valence-electron chi connectivity index (χ2n) is 7.24. The van der Waals surface area contributed by atoms with Gasteiger partial charge in [0, 0.05) is 43.8 Å². The van der Waals surface area contributed by atoms with Gasteiger partial charge in [-0.15, -0.1) is 0 Å². The number of hydrogen-bond acceptors (Lipinski definition) is 2. The molecule has 1 fully saturated rings. The Bertz CT molecular complexity index is 787. The van der Waals surface area contributed by atoms with Crippen molar-refractivity contribution in [2.24, 2.45) is 0 Å². The van der Waals surface area contributed by atoms with Gasteiger partial charge in [0.1, 0.15) is 6.04 Å². The Hall–Kier alpha value is -2.47. The number of amides is 1. The van der Waals surface area contributed by atoms with Crippen molar-refractivity contribution in [3.63, 3.8) is 0 Å². The Morgan fingerprint density at radius 1 is 1.07 bits per heavy atom. The van der Waals surface area contributed by atoms with E-state index >= 15 is 0 Å². The van der Waals surface area contributed by atoms with Gasteiger partial charge >= 0.3 is 0 Å². The third kappa shape index (κ3) is 4.63. The summed E-state index contributed by atoms with van der Waals surface area (Å²) in [5, 5.41) is 2.90. The lowest BCUT2D eigenvalue weighted by atomic mass is 10.0. The van der Waals surface area contributed by atoms with E-state index in [0.29, 0.717) is 6.54 Å². The average Bonchev–Trinajstić information content (AvgIpc) is 3.19. The number of halogens is 2. The summed E-state index contributed by atoms with van der Waals surface area (Å²) >= 11 is 0. The number of nitrogens with one attached hydrogen (secondary N) is 2. The highest BCUT2D eigenvalue weighted by Gasteiger charge is 2.28. The van der Waals surface area contributed by atoms with Gasteiger partial charge in [0.05, 0.1) is 19.6 Å². The van der Waals surface area contributed by atoms with Crippen molar-refractivity contribution >= 4 is 11.6 Å². The highest BCUT2D eigenvalue weighted by atomic mass is 19.2. The molecule has 0 spiro atoms. The molecule has 27 heavy (non-hydrogen) atoms. The Labute approximate surface area is 158 Å². The summed E-state index contributed by atoms with van der Waals surface area (Å²) in [5.41, 5.74) is 2.43. The number of quaternary nitrogens is 1. The Morgan fingerprint density at radius 3 is 2.33 bits per heavy atom. The van der Waals surface area contributed by atoms with Gasteiger partial charge in [0.2, 0.25) is 0 Å². The lowest BCUT2D eigenvalue weighted by molar-refractivity contribution is -0.918. The third-order valence-corrected chi connectivity index (χ3v) is 5.20. The molecular formula is C21H26F2N3O+. The molecule has 0 aromatic heterocycles. The molecule has 4 nitrogen and oxygen atoms in total. The topological polar surface area (TPSA) is 36.8 Å². The van der Waals surface area contributed by atoms with E-state index in [0.717, 1.165) is 30.9 Å². The molecule has 0 radical (unpaired) electrons. The highest BCUT2D eigenvalue weighted by molar-refractivity contribution is 5.94. The molecule has 0 bridgehead atoms.